The van der Waals surface area contributed by atoms with E-state index in [-0.39, 0.29) is 0 Å². The predicted molar refractivity (Wildman–Crippen MR) is 128 cm³/mol. The van der Waals surface area contributed by atoms with Gasteiger partial charge in [0.15, 0.2) is 0 Å². The van der Waals surface area contributed by atoms with Crippen LogP contribution in [0.1, 0.15) is 79.7 Å². The lowest BCUT2D eigenvalue weighted by atomic mass is 9.91. The molecule has 1 N–H and O–H groups in total. The maximum atomic E-state index is 5.26. The van der Waals surface area contributed by atoms with Crippen molar-refractivity contribution in [1.82, 2.24) is 29.7 Å². The van der Waals surface area contributed by atoms with E-state index in [1.807, 2.05) is 6.20 Å². The predicted octanol–water partition coefficient (Wildman–Crippen LogP) is 3.99. The molecule has 6 nitrogen and oxygen atoms in total. The Balaban J connectivity index is 1.46. The highest BCUT2D eigenvalue weighted by Gasteiger charge is 2.29. The van der Waals surface area contributed by atoms with Gasteiger partial charge in [-0.1, -0.05) is 25.1 Å². The number of likely N-dealkylation sites (tertiary alicyclic amines) is 1. The van der Waals surface area contributed by atoms with E-state index >= 15 is 0 Å². The minimum absolute atomic E-state index is 0.301. The van der Waals surface area contributed by atoms with Gasteiger partial charge in [-0.2, -0.15) is 0 Å². The minimum atomic E-state index is 0.301. The second-order valence-corrected chi connectivity index (χ2v) is 9.63. The number of nitrogens with zero attached hydrogens (tertiary/aromatic N) is 5. The lowest BCUT2D eigenvalue weighted by Crippen LogP contribution is -2.32. The molecule has 6 heteroatoms. The molecule has 0 saturated carbocycles. The third-order valence-electron chi connectivity index (χ3n) is 7.41. The molecule has 2 aromatic heterocycles. The van der Waals surface area contributed by atoms with Gasteiger partial charge in [0.05, 0.1) is 29.3 Å². The Bertz CT molecular complexity index is 942. The lowest BCUT2D eigenvalue weighted by molar-refractivity contribution is 0.204. The van der Waals surface area contributed by atoms with Crippen LogP contribution in [-0.4, -0.2) is 51.0 Å². The van der Waals surface area contributed by atoms with E-state index in [1.165, 1.54) is 67.2 Å². The molecule has 0 amide bonds. The van der Waals surface area contributed by atoms with E-state index in [2.05, 4.69) is 57.9 Å². The zero-order valence-corrected chi connectivity index (χ0v) is 19.8. The van der Waals surface area contributed by atoms with Crippen molar-refractivity contribution in [2.24, 2.45) is 0 Å². The molecule has 1 unspecified atom stereocenters. The number of imidazole rings is 1. The van der Waals surface area contributed by atoms with E-state index in [0.29, 0.717) is 12.2 Å². The van der Waals surface area contributed by atoms with Crippen LogP contribution >= 0.6 is 0 Å². The van der Waals surface area contributed by atoms with Crippen LogP contribution in [0.4, 0.5) is 0 Å². The van der Waals surface area contributed by atoms with Gasteiger partial charge in [0.2, 0.25) is 0 Å². The third kappa shape index (κ3) is 4.41. The highest BCUT2D eigenvalue weighted by atomic mass is 15.3. The molecule has 0 aromatic carbocycles. The lowest BCUT2D eigenvalue weighted by Gasteiger charge is -2.32. The van der Waals surface area contributed by atoms with Gasteiger partial charge in [-0.05, 0) is 76.8 Å². The summed E-state index contributed by atoms with van der Waals surface area (Å²) in [6.45, 7) is 7.48. The fourth-order valence-corrected chi connectivity index (χ4v) is 5.82. The summed E-state index contributed by atoms with van der Waals surface area (Å²) in [5, 5.41) is 3.72. The number of aromatic nitrogens is 3. The summed E-state index contributed by atoms with van der Waals surface area (Å²) in [5.41, 5.74) is 5.37. The first-order valence-electron chi connectivity index (χ1n) is 12.6. The van der Waals surface area contributed by atoms with Crippen LogP contribution in [-0.2, 0) is 25.9 Å². The summed E-state index contributed by atoms with van der Waals surface area (Å²) in [6.07, 6.45) is 15.0. The number of allylic oxidation sites excluding steroid dienone is 1. The molecule has 1 aliphatic carbocycles. The van der Waals surface area contributed by atoms with Gasteiger partial charge in [0.25, 0.3) is 0 Å². The van der Waals surface area contributed by atoms with Crippen molar-refractivity contribution in [2.45, 2.75) is 77.2 Å². The Labute approximate surface area is 192 Å². The highest BCUT2D eigenvalue weighted by molar-refractivity contribution is 5.27. The SMILES string of the molecule is CCNC1CC=CCc2nc(CN(C)[C@H]3CCCc4cccnc43)c(CN3CCCC3)n21. The van der Waals surface area contributed by atoms with Gasteiger partial charge in [-0.25, -0.2) is 4.98 Å². The molecule has 2 aliphatic heterocycles. The van der Waals surface area contributed by atoms with Crippen LogP contribution in [0.5, 0.6) is 0 Å². The quantitative estimate of drug-likeness (QED) is 0.668. The first-order chi connectivity index (χ1) is 15.7. The maximum Gasteiger partial charge on any atom is 0.114 e. The van der Waals surface area contributed by atoms with Crippen molar-refractivity contribution in [3.63, 3.8) is 0 Å². The molecule has 5 rings (SSSR count). The molecule has 4 heterocycles. The van der Waals surface area contributed by atoms with Gasteiger partial charge in [-0.3, -0.25) is 20.1 Å². The van der Waals surface area contributed by atoms with Crippen molar-refractivity contribution in [3.05, 3.63) is 59.0 Å². The molecular formula is C26H38N6. The molecule has 172 valence electrons. The second kappa shape index (κ2) is 9.86. The smallest absolute Gasteiger partial charge is 0.114 e. The number of hydrogen-bond donors (Lipinski definition) is 1. The molecule has 0 bridgehead atoms. The molecule has 1 fully saturated rings. The first kappa shape index (κ1) is 21.8. The molecular weight excluding hydrogens is 396 g/mol. The fraction of sp³-hybridized carbons (Fsp3) is 0.615. The van der Waals surface area contributed by atoms with Crippen LogP contribution in [0, 0.1) is 0 Å². The second-order valence-electron chi connectivity index (χ2n) is 9.63. The number of rotatable bonds is 7. The number of pyridine rings is 1. The van der Waals surface area contributed by atoms with Gasteiger partial charge < -0.3 is 4.57 Å². The van der Waals surface area contributed by atoms with Crippen molar-refractivity contribution in [1.29, 1.82) is 0 Å². The molecule has 1 saturated heterocycles. The molecule has 0 spiro atoms. The Morgan fingerprint density at radius 1 is 1.19 bits per heavy atom. The summed E-state index contributed by atoms with van der Waals surface area (Å²) < 4.78 is 2.54. The largest absolute Gasteiger partial charge is 0.314 e. The van der Waals surface area contributed by atoms with Gasteiger partial charge >= 0.3 is 0 Å². The third-order valence-corrected chi connectivity index (χ3v) is 7.41. The number of aryl methyl sites for hydroxylation is 1. The average Bonchev–Trinajstić information content (AvgIpc) is 3.39. The van der Waals surface area contributed by atoms with Crippen LogP contribution < -0.4 is 5.32 Å². The Morgan fingerprint density at radius 3 is 2.91 bits per heavy atom. The Kier molecular flexibility index (Phi) is 6.72. The summed E-state index contributed by atoms with van der Waals surface area (Å²) in [7, 11) is 2.26. The number of nitrogens with one attached hydrogen (secondary N) is 1. The summed E-state index contributed by atoms with van der Waals surface area (Å²) in [6, 6.07) is 4.72. The van der Waals surface area contributed by atoms with Crippen molar-refractivity contribution in [2.75, 3.05) is 26.7 Å². The normalized spacial score (nSPS) is 23.3. The van der Waals surface area contributed by atoms with Gasteiger partial charge in [0.1, 0.15) is 5.82 Å². The van der Waals surface area contributed by atoms with Crippen LogP contribution in [0.25, 0.3) is 0 Å². The fourth-order valence-electron chi connectivity index (χ4n) is 5.82. The molecule has 32 heavy (non-hydrogen) atoms. The standard InChI is InChI=1S/C26H38N6/c1-3-27-24-13-4-5-14-25-29-21(23(32(24)25)19-31-16-6-7-17-31)18-30(2)22-12-8-10-20-11-9-15-28-26(20)22/h4-5,9,11,15,22,24,27H,3,6-8,10,12-14,16-19H2,1-2H3/t22-,24?/m0/s1. The zero-order valence-electron chi connectivity index (χ0n) is 19.8. The average molecular weight is 435 g/mol. The van der Waals surface area contributed by atoms with Crippen LogP contribution in [0.3, 0.4) is 0 Å². The summed E-state index contributed by atoms with van der Waals surface area (Å²) in [5.74, 6) is 1.21. The Morgan fingerprint density at radius 2 is 2.06 bits per heavy atom. The van der Waals surface area contributed by atoms with E-state index in [1.54, 1.807) is 0 Å². The van der Waals surface area contributed by atoms with Crippen molar-refractivity contribution in [3.8, 4) is 0 Å². The van der Waals surface area contributed by atoms with E-state index in [9.17, 15) is 0 Å². The topological polar surface area (TPSA) is 49.2 Å². The minimum Gasteiger partial charge on any atom is -0.314 e. The van der Waals surface area contributed by atoms with Crippen LogP contribution in [0.15, 0.2) is 30.5 Å². The summed E-state index contributed by atoms with van der Waals surface area (Å²) >= 11 is 0. The Hall–Kier alpha value is -2.02. The van der Waals surface area contributed by atoms with Crippen molar-refractivity contribution >= 4 is 0 Å². The number of fused-ring (bicyclic) bond motifs is 2. The molecule has 3 aliphatic rings. The first-order valence-corrected chi connectivity index (χ1v) is 12.6. The summed E-state index contributed by atoms with van der Waals surface area (Å²) in [4.78, 5) is 15.2. The van der Waals surface area contributed by atoms with E-state index in [4.69, 9.17) is 9.97 Å². The van der Waals surface area contributed by atoms with Gasteiger partial charge in [-0.15, -0.1) is 0 Å². The van der Waals surface area contributed by atoms with Gasteiger partial charge in [0, 0.05) is 25.7 Å². The molecule has 2 atom stereocenters. The molecule has 2 aromatic rings. The van der Waals surface area contributed by atoms with E-state index < -0.39 is 0 Å². The monoisotopic (exact) mass is 434 g/mol. The highest BCUT2D eigenvalue weighted by Crippen LogP contribution is 2.34. The number of hydrogen-bond acceptors (Lipinski definition) is 5. The maximum absolute atomic E-state index is 5.26. The van der Waals surface area contributed by atoms with E-state index in [0.717, 1.165) is 38.9 Å². The molecule has 0 radical (unpaired) electrons. The van der Waals surface area contributed by atoms with Crippen molar-refractivity contribution < 1.29 is 0 Å². The zero-order chi connectivity index (χ0) is 21.9. The van der Waals surface area contributed by atoms with Crippen LogP contribution in [0.2, 0.25) is 0 Å².